The number of nitrogens with zero attached hydrogens (tertiary/aromatic N) is 1. The van der Waals surface area contributed by atoms with Crippen LogP contribution < -0.4 is 5.32 Å². The van der Waals surface area contributed by atoms with Gasteiger partial charge in [-0.3, -0.25) is 10.1 Å². The molecule has 1 rings (SSSR count). The Labute approximate surface area is 113 Å². The van der Waals surface area contributed by atoms with Crippen LogP contribution in [0.4, 0.5) is 15.8 Å². The number of benzene rings is 1. The van der Waals surface area contributed by atoms with Crippen LogP contribution in [0.2, 0.25) is 0 Å². The number of nitro groups is 1. The fourth-order valence-electron chi connectivity index (χ4n) is 1.55. The number of nitrogens with one attached hydrogen (secondary N) is 1. The van der Waals surface area contributed by atoms with E-state index in [1.165, 1.54) is 7.11 Å². The number of ether oxygens (including phenoxy) is 1. The third kappa shape index (κ3) is 3.64. The highest BCUT2D eigenvalue weighted by molar-refractivity contribution is 9.10. The Hall–Kier alpha value is -1.21. The number of methoxy groups -OCH3 is 1. The lowest BCUT2D eigenvalue weighted by Crippen LogP contribution is -2.36. The van der Waals surface area contributed by atoms with Crippen molar-refractivity contribution in [2.24, 2.45) is 0 Å². The van der Waals surface area contributed by atoms with E-state index in [9.17, 15) is 14.5 Å². The van der Waals surface area contributed by atoms with Gasteiger partial charge in [0.2, 0.25) is 0 Å². The van der Waals surface area contributed by atoms with Gasteiger partial charge in [-0.25, -0.2) is 4.39 Å². The predicted octanol–water partition coefficient (Wildman–Crippen LogP) is 3.33. The minimum atomic E-state index is -0.560. The second kappa shape index (κ2) is 5.62. The average Bonchev–Trinajstić information content (AvgIpc) is 2.22. The van der Waals surface area contributed by atoms with E-state index in [4.69, 9.17) is 4.74 Å². The first-order chi connectivity index (χ1) is 8.26. The summed E-state index contributed by atoms with van der Waals surface area (Å²) in [4.78, 5) is 10.4. The van der Waals surface area contributed by atoms with E-state index >= 15 is 0 Å². The summed E-state index contributed by atoms with van der Waals surface area (Å²) in [6.07, 6.45) is 0. The maximum atomic E-state index is 13.4. The summed E-state index contributed by atoms with van der Waals surface area (Å²) in [6.45, 7) is 3.95. The topological polar surface area (TPSA) is 64.4 Å². The molecule has 100 valence electrons. The molecule has 5 nitrogen and oxygen atoms in total. The van der Waals surface area contributed by atoms with Crippen molar-refractivity contribution in [3.05, 3.63) is 32.5 Å². The van der Waals surface area contributed by atoms with Crippen LogP contribution in [0.15, 0.2) is 16.6 Å². The maximum Gasteiger partial charge on any atom is 0.293 e. The molecule has 1 N–H and O–H groups in total. The van der Waals surface area contributed by atoms with Gasteiger partial charge < -0.3 is 10.1 Å². The van der Waals surface area contributed by atoms with E-state index in [0.29, 0.717) is 6.61 Å². The highest BCUT2D eigenvalue weighted by atomic mass is 79.9. The van der Waals surface area contributed by atoms with Crippen molar-refractivity contribution in [1.29, 1.82) is 0 Å². The van der Waals surface area contributed by atoms with Crippen molar-refractivity contribution in [2.75, 3.05) is 19.0 Å². The molecule has 0 amide bonds. The van der Waals surface area contributed by atoms with Gasteiger partial charge in [-0.1, -0.05) is 0 Å². The van der Waals surface area contributed by atoms with Crippen LogP contribution in [-0.2, 0) is 4.74 Å². The molecule has 18 heavy (non-hydrogen) atoms. The first-order valence-corrected chi connectivity index (χ1v) is 5.96. The van der Waals surface area contributed by atoms with Crippen molar-refractivity contribution in [1.82, 2.24) is 0 Å². The van der Waals surface area contributed by atoms with E-state index in [1.807, 2.05) is 0 Å². The summed E-state index contributed by atoms with van der Waals surface area (Å²) < 4.78 is 18.5. The van der Waals surface area contributed by atoms with Crippen LogP contribution in [0.5, 0.6) is 0 Å². The first-order valence-electron chi connectivity index (χ1n) is 5.17. The number of anilines is 1. The van der Waals surface area contributed by atoms with Crippen LogP contribution in [0.25, 0.3) is 0 Å². The third-order valence-corrected chi connectivity index (χ3v) is 2.82. The molecule has 0 bridgehead atoms. The predicted molar refractivity (Wildman–Crippen MR) is 70.3 cm³/mol. The van der Waals surface area contributed by atoms with Crippen LogP contribution >= 0.6 is 15.9 Å². The minimum Gasteiger partial charge on any atom is -0.382 e. The Morgan fingerprint density at radius 1 is 1.56 bits per heavy atom. The molecule has 0 fully saturated rings. The van der Waals surface area contributed by atoms with Crippen molar-refractivity contribution < 1.29 is 14.1 Å². The molecule has 7 heteroatoms. The Balaban J connectivity index is 3.15. The van der Waals surface area contributed by atoms with Gasteiger partial charge in [0.25, 0.3) is 5.69 Å². The lowest BCUT2D eigenvalue weighted by Gasteiger charge is -2.26. The summed E-state index contributed by atoms with van der Waals surface area (Å²) in [5.41, 5.74) is -0.602. The summed E-state index contributed by atoms with van der Waals surface area (Å²) in [5.74, 6) is -0.559. The molecule has 0 saturated heterocycles. The zero-order chi connectivity index (χ0) is 13.9. The molecule has 0 aliphatic carbocycles. The SMILES string of the molecule is COCC(C)(C)Nc1cc(F)c(Br)cc1[N+](=O)[O-]. The van der Waals surface area contributed by atoms with Gasteiger partial charge in [0.1, 0.15) is 11.5 Å². The molecule has 0 unspecified atom stereocenters. The second-order valence-electron chi connectivity index (χ2n) is 4.48. The van der Waals surface area contributed by atoms with Crippen molar-refractivity contribution in [3.8, 4) is 0 Å². The fraction of sp³-hybridized carbons (Fsp3) is 0.455. The zero-order valence-corrected chi connectivity index (χ0v) is 11.9. The highest BCUT2D eigenvalue weighted by Crippen LogP contribution is 2.32. The van der Waals surface area contributed by atoms with Crippen LogP contribution in [0.3, 0.4) is 0 Å². The molecule has 0 atom stereocenters. The normalized spacial score (nSPS) is 11.4. The van der Waals surface area contributed by atoms with Gasteiger partial charge in [-0.2, -0.15) is 0 Å². The van der Waals surface area contributed by atoms with E-state index < -0.39 is 16.3 Å². The highest BCUT2D eigenvalue weighted by Gasteiger charge is 2.24. The number of hydrogen-bond acceptors (Lipinski definition) is 4. The van der Waals surface area contributed by atoms with Crippen LogP contribution in [-0.4, -0.2) is 24.2 Å². The molecule has 0 radical (unpaired) electrons. The monoisotopic (exact) mass is 320 g/mol. The fourth-order valence-corrected chi connectivity index (χ4v) is 1.88. The van der Waals surface area contributed by atoms with E-state index in [1.54, 1.807) is 13.8 Å². The Bertz CT molecular complexity index is 466. The molecular formula is C11H14BrFN2O3. The smallest absolute Gasteiger partial charge is 0.293 e. The number of halogens is 2. The van der Waals surface area contributed by atoms with Crippen molar-refractivity contribution in [2.45, 2.75) is 19.4 Å². The number of rotatable bonds is 5. The quantitative estimate of drug-likeness (QED) is 0.667. The average molecular weight is 321 g/mol. The van der Waals surface area contributed by atoms with Crippen molar-refractivity contribution >= 4 is 27.3 Å². The molecule has 0 aliphatic heterocycles. The molecule has 0 aromatic heterocycles. The Morgan fingerprint density at radius 2 is 2.17 bits per heavy atom. The summed E-state index contributed by atoms with van der Waals surface area (Å²) >= 11 is 2.93. The first kappa shape index (κ1) is 14.8. The van der Waals surface area contributed by atoms with Gasteiger partial charge >= 0.3 is 0 Å². The van der Waals surface area contributed by atoms with Gasteiger partial charge in [0.05, 0.1) is 21.5 Å². The third-order valence-electron chi connectivity index (χ3n) is 2.21. The van der Waals surface area contributed by atoms with E-state index in [-0.39, 0.29) is 15.8 Å². The zero-order valence-electron chi connectivity index (χ0n) is 10.3. The number of hydrogen-bond donors (Lipinski definition) is 1. The molecule has 0 heterocycles. The molecule has 0 saturated carbocycles. The molecule has 1 aromatic carbocycles. The van der Waals surface area contributed by atoms with Crippen LogP contribution in [0.1, 0.15) is 13.8 Å². The standard InChI is InChI=1S/C11H14BrFN2O3/c1-11(2,6-18-3)14-9-5-8(13)7(12)4-10(9)15(16)17/h4-5,14H,6H2,1-3H3. The molecule has 0 spiro atoms. The number of nitro benzene ring substituents is 1. The lowest BCUT2D eigenvalue weighted by atomic mass is 10.1. The second-order valence-corrected chi connectivity index (χ2v) is 5.34. The summed E-state index contributed by atoms with van der Waals surface area (Å²) in [5, 5.41) is 13.8. The lowest BCUT2D eigenvalue weighted by molar-refractivity contribution is -0.384. The van der Waals surface area contributed by atoms with E-state index in [2.05, 4.69) is 21.2 Å². The van der Waals surface area contributed by atoms with Gasteiger partial charge in [0, 0.05) is 19.2 Å². The Morgan fingerprint density at radius 3 is 2.67 bits per heavy atom. The maximum absolute atomic E-state index is 13.4. The summed E-state index contributed by atoms with van der Waals surface area (Å²) in [7, 11) is 1.53. The summed E-state index contributed by atoms with van der Waals surface area (Å²) in [6, 6.07) is 2.24. The van der Waals surface area contributed by atoms with Gasteiger partial charge in [0.15, 0.2) is 0 Å². The molecule has 1 aromatic rings. The van der Waals surface area contributed by atoms with E-state index in [0.717, 1.165) is 12.1 Å². The van der Waals surface area contributed by atoms with Crippen LogP contribution in [0, 0.1) is 15.9 Å². The Kier molecular flexibility index (Phi) is 4.64. The molecular weight excluding hydrogens is 307 g/mol. The minimum absolute atomic E-state index is 0.0595. The van der Waals surface area contributed by atoms with Gasteiger partial charge in [-0.05, 0) is 29.8 Å². The van der Waals surface area contributed by atoms with Crippen molar-refractivity contribution in [3.63, 3.8) is 0 Å². The largest absolute Gasteiger partial charge is 0.382 e. The van der Waals surface area contributed by atoms with Gasteiger partial charge in [-0.15, -0.1) is 0 Å². The molecule has 0 aliphatic rings.